The topological polar surface area (TPSA) is 107 Å². The summed E-state index contributed by atoms with van der Waals surface area (Å²) in [7, 11) is 4.57. The van der Waals surface area contributed by atoms with Gasteiger partial charge in [-0.2, -0.15) is 0 Å². The molecule has 9 heteroatoms. The second-order valence-corrected chi connectivity index (χ2v) is 5.79. The number of nitrogens with one attached hydrogen (secondary N) is 1. The summed E-state index contributed by atoms with van der Waals surface area (Å²) in [4.78, 5) is 15.2. The summed E-state index contributed by atoms with van der Waals surface area (Å²) in [5, 5.41) is 15.4. The number of hydrogen-bond donors (Lipinski definition) is 2. The molecule has 0 saturated heterocycles. The molecular formula is C14H17N3O5S. The van der Waals surface area contributed by atoms with Gasteiger partial charge in [0.1, 0.15) is 5.25 Å². The first-order valence-electron chi connectivity index (χ1n) is 6.62. The van der Waals surface area contributed by atoms with Crippen LogP contribution in [0.3, 0.4) is 0 Å². The SMILES string of the molecule is COc1cc(-c2nc(SC(C)C(=O)O)n[nH]2)cc(OC)c1OC. The van der Waals surface area contributed by atoms with Crippen molar-refractivity contribution in [2.45, 2.75) is 17.3 Å². The van der Waals surface area contributed by atoms with E-state index in [0.29, 0.717) is 33.8 Å². The van der Waals surface area contributed by atoms with Gasteiger partial charge in [-0.25, -0.2) is 4.98 Å². The second kappa shape index (κ2) is 7.23. The quantitative estimate of drug-likeness (QED) is 0.738. The molecule has 23 heavy (non-hydrogen) atoms. The standard InChI is InChI=1S/C14H17N3O5S/c1-7(13(18)19)23-14-15-12(16-17-14)8-5-9(20-2)11(22-4)10(6-8)21-3/h5-7H,1-4H3,(H,18,19)(H,15,16,17). The van der Waals surface area contributed by atoms with Crippen molar-refractivity contribution in [2.75, 3.05) is 21.3 Å². The minimum absolute atomic E-state index is 0.351. The van der Waals surface area contributed by atoms with Gasteiger partial charge in [-0.3, -0.25) is 9.89 Å². The Hall–Kier alpha value is -2.42. The van der Waals surface area contributed by atoms with Crippen LogP contribution in [0.4, 0.5) is 0 Å². The van der Waals surface area contributed by atoms with E-state index in [9.17, 15) is 4.79 Å². The molecule has 0 bridgehead atoms. The predicted octanol–water partition coefficient (Wildman–Crippen LogP) is 2.06. The maximum atomic E-state index is 10.9. The molecule has 0 aliphatic carbocycles. The molecule has 2 aromatic rings. The van der Waals surface area contributed by atoms with Crippen LogP contribution in [0.5, 0.6) is 17.2 Å². The molecule has 0 fully saturated rings. The van der Waals surface area contributed by atoms with E-state index in [4.69, 9.17) is 19.3 Å². The number of carbonyl (C=O) groups is 1. The van der Waals surface area contributed by atoms with Gasteiger partial charge in [0, 0.05) is 5.56 Å². The minimum atomic E-state index is -0.922. The molecule has 0 amide bonds. The molecule has 2 N–H and O–H groups in total. The third-order valence-electron chi connectivity index (χ3n) is 3.03. The highest BCUT2D eigenvalue weighted by Gasteiger charge is 2.18. The largest absolute Gasteiger partial charge is 0.493 e. The number of thioether (sulfide) groups is 1. The summed E-state index contributed by atoms with van der Waals surface area (Å²) in [5.41, 5.74) is 0.682. The summed E-state index contributed by atoms with van der Waals surface area (Å²) < 4.78 is 15.9. The van der Waals surface area contributed by atoms with E-state index in [2.05, 4.69) is 15.2 Å². The van der Waals surface area contributed by atoms with Crippen molar-refractivity contribution < 1.29 is 24.1 Å². The number of benzene rings is 1. The maximum Gasteiger partial charge on any atom is 0.316 e. The van der Waals surface area contributed by atoms with Crippen molar-refractivity contribution >= 4 is 17.7 Å². The molecule has 124 valence electrons. The third kappa shape index (κ3) is 3.67. The van der Waals surface area contributed by atoms with Gasteiger partial charge in [0.05, 0.1) is 21.3 Å². The Morgan fingerprint density at radius 3 is 2.30 bits per heavy atom. The first-order valence-corrected chi connectivity index (χ1v) is 7.50. The van der Waals surface area contributed by atoms with Gasteiger partial charge < -0.3 is 19.3 Å². The summed E-state index contributed by atoms with van der Waals surface area (Å²) in [5.74, 6) is 1.02. The van der Waals surface area contributed by atoms with E-state index >= 15 is 0 Å². The lowest BCUT2D eigenvalue weighted by molar-refractivity contribution is -0.136. The number of aromatic amines is 1. The van der Waals surface area contributed by atoms with Crippen LogP contribution in [0.2, 0.25) is 0 Å². The Balaban J connectivity index is 2.35. The van der Waals surface area contributed by atoms with Gasteiger partial charge in [-0.05, 0) is 19.1 Å². The highest BCUT2D eigenvalue weighted by Crippen LogP contribution is 2.40. The fourth-order valence-electron chi connectivity index (χ4n) is 1.85. The van der Waals surface area contributed by atoms with Crippen LogP contribution in [0.25, 0.3) is 11.4 Å². The zero-order chi connectivity index (χ0) is 17.0. The lowest BCUT2D eigenvalue weighted by atomic mass is 10.1. The molecule has 0 saturated carbocycles. The number of H-pyrrole nitrogens is 1. The number of hydrogen-bond acceptors (Lipinski definition) is 7. The number of nitrogens with zero attached hydrogens (tertiary/aromatic N) is 2. The molecule has 1 aromatic carbocycles. The summed E-state index contributed by atoms with van der Waals surface area (Å²) in [6.45, 7) is 1.57. The number of carboxylic acids is 1. The zero-order valence-corrected chi connectivity index (χ0v) is 13.9. The summed E-state index contributed by atoms with van der Waals surface area (Å²) >= 11 is 1.05. The van der Waals surface area contributed by atoms with E-state index in [1.165, 1.54) is 21.3 Å². The van der Waals surface area contributed by atoms with Crippen LogP contribution >= 0.6 is 11.8 Å². The van der Waals surface area contributed by atoms with Crippen LogP contribution in [0.1, 0.15) is 6.92 Å². The van der Waals surface area contributed by atoms with Crippen molar-refractivity contribution in [1.82, 2.24) is 15.2 Å². The molecule has 0 aliphatic rings. The lowest BCUT2D eigenvalue weighted by Gasteiger charge is -2.13. The normalized spacial score (nSPS) is 11.8. The van der Waals surface area contributed by atoms with Crippen LogP contribution in [0, 0.1) is 0 Å². The Morgan fingerprint density at radius 1 is 1.22 bits per heavy atom. The average Bonchev–Trinajstić information content (AvgIpc) is 3.01. The molecular weight excluding hydrogens is 322 g/mol. The van der Waals surface area contributed by atoms with Gasteiger partial charge in [0.15, 0.2) is 17.3 Å². The molecule has 1 aromatic heterocycles. The smallest absolute Gasteiger partial charge is 0.316 e. The first-order chi connectivity index (χ1) is 11.0. The maximum absolute atomic E-state index is 10.9. The number of aliphatic carboxylic acids is 1. The monoisotopic (exact) mass is 339 g/mol. The Labute approximate surface area is 137 Å². The molecule has 2 rings (SSSR count). The van der Waals surface area contributed by atoms with Gasteiger partial charge in [-0.1, -0.05) is 11.8 Å². The van der Waals surface area contributed by atoms with Crippen molar-refractivity contribution in [3.8, 4) is 28.6 Å². The van der Waals surface area contributed by atoms with Crippen molar-refractivity contribution in [3.05, 3.63) is 12.1 Å². The number of carboxylic acid groups (broad SMARTS) is 1. The van der Waals surface area contributed by atoms with Crippen molar-refractivity contribution in [3.63, 3.8) is 0 Å². The molecule has 1 unspecified atom stereocenters. The van der Waals surface area contributed by atoms with E-state index in [1.807, 2.05) is 0 Å². The highest BCUT2D eigenvalue weighted by atomic mass is 32.2. The molecule has 0 aliphatic heterocycles. The third-order valence-corrected chi connectivity index (χ3v) is 3.98. The Kier molecular flexibility index (Phi) is 5.32. The van der Waals surface area contributed by atoms with Crippen LogP contribution in [0.15, 0.2) is 17.3 Å². The van der Waals surface area contributed by atoms with E-state index in [0.717, 1.165) is 11.8 Å². The van der Waals surface area contributed by atoms with Crippen LogP contribution in [-0.4, -0.2) is 52.8 Å². The predicted molar refractivity (Wildman–Crippen MR) is 84.4 cm³/mol. The Morgan fingerprint density at radius 2 is 1.83 bits per heavy atom. The van der Waals surface area contributed by atoms with E-state index in [-0.39, 0.29) is 0 Å². The number of ether oxygens (including phenoxy) is 3. The van der Waals surface area contributed by atoms with Gasteiger partial charge in [-0.15, -0.1) is 5.10 Å². The molecule has 1 atom stereocenters. The zero-order valence-electron chi connectivity index (χ0n) is 13.1. The molecule has 0 radical (unpaired) electrons. The van der Waals surface area contributed by atoms with Gasteiger partial charge >= 0.3 is 5.97 Å². The van der Waals surface area contributed by atoms with Gasteiger partial charge in [0.25, 0.3) is 0 Å². The van der Waals surface area contributed by atoms with E-state index in [1.54, 1.807) is 19.1 Å². The fourth-order valence-corrected chi connectivity index (χ4v) is 2.51. The fraction of sp³-hybridized carbons (Fsp3) is 0.357. The average molecular weight is 339 g/mol. The van der Waals surface area contributed by atoms with Crippen LogP contribution < -0.4 is 14.2 Å². The summed E-state index contributed by atoms with van der Waals surface area (Å²) in [6, 6.07) is 3.47. The summed E-state index contributed by atoms with van der Waals surface area (Å²) in [6.07, 6.45) is 0. The van der Waals surface area contributed by atoms with E-state index < -0.39 is 11.2 Å². The minimum Gasteiger partial charge on any atom is -0.493 e. The molecule has 1 heterocycles. The number of rotatable bonds is 7. The molecule has 0 spiro atoms. The Bertz CT molecular complexity index is 678. The lowest BCUT2D eigenvalue weighted by Crippen LogP contribution is -2.11. The highest BCUT2D eigenvalue weighted by molar-refractivity contribution is 8.00. The number of aromatic nitrogens is 3. The first kappa shape index (κ1) is 16.9. The molecule has 8 nitrogen and oxygen atoms in total. The second-order valence-electron chi connectivity index (χ2n) is 4.48. The van der Waals surface area contributed by atoms with Crippen molar-refractivity contribution in [1.29, 1.82) is 0 Å². The van der Waals surface area contributed by atoms with Crippen molar-refractivity contribution in [2.24, 2.45) is 0 Å². The van der Waals surface area contributed by atoms with Crippen LogP contribution in [-0.2, 0) is 4.79 Å². The number of methoxy groups -OCH3 is 3. The van der Waals surface area contributed by atoms with Gasteiger partial charge in [0.2, 0.25) is 10.9 Å².